The number of pyridine rings is 1. The molecule has 23 heavy (non-hydrogen) atoms. The third-order valence-corrected chi connectivity index (χ3v) is 4.20. The molecule has 6 heteroatoms. The van der Waals surface area contributed by atoms with Gasteiger partial charge in [-0.25, -0.2) is 15.0 Å². The van der Waals surface area contributed by atoms with Crippen molar-refractivity contribution in [3.05, 3.63) is 53.9 Å². The van der Waals surface area contributed by atoms with Crippen LogP contribution in [0.3, 0.4) is 0 Å². The first-order chi connectivity index (χ1) is 11.3. The fourth-order valence-corrected chi connectivity index (χ4v) is 2.98. The van der Waals surface area contributed by atoms with Crippen molar-refractivity contribution in [1.29, 1.82) is 0 Å². The fraction of sp³-hybridized carbons (Fsp3) is 0.235. The summed E-state index contributed by atoms with van der Waals surface area (Å²) in [4.78, 5) is 12.7. The van der Waals surface area contributed by atoms with Crippen LogP contribution in [0.1, 0.15) is 11.1 Å². The molecule has 0 aliphatic carbocycles. The maximum Gasteiger partial charge on any atom is 0.166 e. The van der Waals surface area contributed by atoms with E-state index in [0.717, 1.165) is 30.7 Å². The number of aromatic nitrogens is 3. The fourth-order valence-electron chi connectivity index (χ4n) is 2.98. The topological polar surface area (TPSA) is 88.8 Å². The average Bonchev–Trinajstić information content (AvgIpc) is 2.59. The van der Waals surface area contributed by atoms with Crippen molar-refractivity contribution in [1.82, 2.24) is 20.3 Å². The number of nitrogens with one attached hydrogen (secondary N) is 2. The largest absolute Gasteiger partial charge is 0.384 e. The highest BCUT2D eigenvalue weighted by Crippen LogP contribution is 2.20. The maximum absolute atomic E-state index is 5.71. The number of anilines is 2. The van der Waals surface area contributed by atoms with E-state index < -0.39 is 0 Å². The zero-order valence-corrected chi connectivity index (χ0v) is 12.7. The number of nitrogens with two attached hydrogens (primary N) is 1. The molecule has 1 atom stereocenters. The van der Waals surface area contributed by atoms with Gasteiger partial charge in [-0.1, -0.05) is 24.3 Å². The van der Waals surface area contributed by atoms with Gasteiger partial charge in [-0.3, -0.25) is 0 Å². The predicted molar refractivity (Wildman–Crippen MR) is 91.0 cm³/mol. The second-order valence-corrected chi connectivity index (χ2v) is 5.76. The van der Waals surface area contributed by atoms with Crippen LogP contribution in [-0.2, 0) is 13.0 Å². The van der Waals surface area contributed by atoms with E-state index in [1.54, 1.807) is 6.07 Å². The summed E-state index contributed by atoms with van der Waals surface area (Å²) in [6.07, 6.45) is 2.53. The van der Waals surface area contributed by atoms with Gasteiger partial charge in [0.2, 0.25) is 0 Å². The van der Waals surface area contributed by atoms with E-state index in [9.17, 15) is 0 Å². The van der Waals surface area contributed by atoms with Crippen molar-refractivity contribution in [2.24, 2.45) is 0 Å². The molecular formula is C17H18N6. The van der Waals surface area contributed by atoms with Crippen LogP contribution in [0.4, 0.5) is 11.6 Å². The number of hydrogen-bond acceptors (Lipinski definition) is 6. The highest BCUT2D eigenvalue weighted by Gasteiger charge is 2.17. The van der Waals surface area contributed by atoms with Crippen LogP contribution >= 0.6 is 0 Å². The standard InChI is InChI=1S/C17H18N6/c18-15-6-5-14-16(21-10-22-17(14)23-15)20-9-13-7-11-3-1-2-4-12(11)8-19-13/h1-6,10,13,19H,7-9H2,(H3,18,20,21,22,23). The molecule has 0 bridgehead atoms. The molecule has 4 rings (SSSR count). The molecule has 0 amide bonds. The van der Waals surface area contributed by atoms with Crippen LogP contribution in [0, 0.1) is 0 Å². The van der Waals surface area contributed by atoms with Crippen LogP contribution < -0.4 is 16.4 Å². The summed E-state index contributed by atoms with van der Waals surface area (Å²) in [7, 11) is 0. The summed E-state index contributed by atoms with van der Waals surface area (Å²) in [6, 6.07) is 12.6. The second kappa shape index (κ2) is 5.81. The highest BCUT2D eigenvalue weighted by molar-refractivity contribution is 5.87. The van der Waals surface area contributed by atoms with E-state index in [4.69, 9.17) is 5.73 Å². The van der Waals surface area contributed by atoms with Gasteiger partial charge in [0.05, 0.1) is 5.39 Å². The van der Waals surface area contributed by atoms with Crippen molar-refractivity contribution >= 4 is 22.7 Å². The number of fused-ring (bicyclic) bond motifs is 2. The van der Waals surface area contributed by atoms with Crippen molar-refractivity contribution in [2.75, 3.05) is 17.6 Å². The Bertz CT molecular complexity index is 847. The molecule has 1 unspecified atom stereocenters. The van der Waals surface area contributed by atoms with Crippen LogP contribution in [0.25, 0.3) is 11.0 Å². The van der Waals surface area contributed by atoms with Crippen molar-refractivity contribution in [3.63, 3.8) is 0 Å². The zero-order chi connectivity index (χ0) is 15.6. The first-order valence-corrected chi connectivity index (χ1v) is 7.71. The van der Waals surface area contributed by atoms with E-state index in [0.29, 0.717) is 17.5 Å². The van der Waals surface area contributed by atoms with E-state index >= 15 is 0 Å². The molecule has 0 fully saturated rings. The minimum atomic E-state index is 0.372. The molecule has 4 N–H and O–H groups in total. The van der Waals surface area contributed by atoms with Crippen LogP contribution in [0.15, 0.2) is 42.7 Å². The Morgan fingerprint density at radius 1 is 1.13 bits per heavy atom. The third kappa shape index (κ3) is 2.80. The first-order valence-electron chi connectivity index (χ1n) is 7.71. The van der Waals surface area contributed by atoms with Gasteiger partial charge < -0.3 is 16.4 Å². The lowest BCUT2D eigenvalue weighted by atomic mass is 9.96. The zero-order valence-electron chi connectivity index (χ0n) is 12.7. The molecule has 6 nitrogen and oxygen atoms in total. The molecule has 2 aromatic heterocycles. The Labute approximate surface area is 134 Å². The van der Waals surface area contributed by atoms with Crippen molar-refractivity contribution in [3.8, 4) is 0 Å². The second-order valence-electron chi connectivity index (χ2n) is 5.76. The molecule has 0 saturated heterocycles. The van der Waals surface area contributed by atoms with Crippen LogP contribution in [0.2, 0.25) is 0 Å². The van der Waals surface area contributed by atoms with Gasteiger partial charge in [-0.15, -0.1) is 0 Å². The van der Waals surface area contributed by atoms with Gasteiger partial charge in [0, 0.05) is 19.1 Å². The molecule has 0 radical (unpaired) electrons. The predicted octanol–water partition coefficient (Wildman–Crippen LogP) is 1.73. The summed E-state index contributed by atoms with van der Waals surface area (Å²) >= 11 is 0. The van der Waals surface area contributed by atoms with E-state index in [1.165, 1.54) is 17.5 Å². The number of rotatable bonds is 3. The summed E-state index contributed by atoms with van der Waals surface area (Å²) in [5.41, 5.74) is 9.13. The van der Waals surface area contributed by atoms with Gasteiger partial charge in [-0.05, 0) is 29.7 Å². The maximum atomic E-state index is 5.71. The van der Waals surface area contributed by atoms with E-state index in [-0.39, 0.29) is 0 Å². The molecule has 116 valence electrons. The molecule has 3 aromatic rings. The molecule has 1 aromatic carbocycles. The number of benzene rings is 1. The Morgan fingerprint density at radius 2 is 2.00 bits per heavy atom. The minimum absolute atomic E-state index is 0.372. The Balaban J connectivity index is 1.50. The summed E-state index contributed by atoms with van der Waals surface area (Å²) in [5, 5.41) is 7.86. The minimum Gasteiger partial charge on any atom is -0.384 e. The number of nitrogen functional groups attached to an aromatic ring is 1. The van der Waals surface area contributed by atoms with Gasteiger partial charge in [0.25, 0.3) is 0 Å². The number of hydrogen-bond donors (Lipinski definition) is 3. The van der Waals surface area contributed by atoms with Crippen molar-refractivity contribution < 1.29 is 0 Å². The van der Waals surface area contributed by atoms with Gasteiger partial charge in [0.15, 0.2) is 5.65 Å². The Kier molecular flexibility index (Phi) is 3.51. The first kappa shape index (κ1) is 13.9. The van der Waals surface area contributed by atoms with Gasteiger partial charge in [-0.2, -0.15) is 0 Å². The molecule has 3 heterocycles. The number of nitrogens with zero attached hydrogens (tertiary/aromatic N) is 3. The van der Waals surface area contributed by atoms with E-state index in [2.05, 4.69) is 49.9 Å². The van der Waals surface area contributed by atoms with E-state index in [1.807, 2.05) is 6.07 Å². The Morgan fingerprint density at radius 3 is 2.91 bits per heavy atom. The molecule has 1 aliphatic heterocycles. The van der Waals surface area contributed by atoms with Crippen LogP contribution in [0.5, 0.6) is 0 Å². The molecule has 1 aliphatic rings. The lowest BCUT2D eigenvalue weighted by Crippen LogP contribution is -2.40. The summed E-state index contributed by atoms with van der Waals surface area (Å²) in [5.74, 6) is 1.26. The highest BCUT2D eigenvalue weighted by atomic mass is 15.1. The smallest absolute Gasteiger partial charge is 0.166 e. The molecule has 0 saturated carbocycles. The van der Waals surface area contributed by atoms with Gasteiger partial charge in [0.1, 0.15) is 18.0 Å². The van der Waals surface area contributed by atoms with Crippen LogP contribution in [-0.4, -0.2) is 27.5 Å². The summed E-state index contributed by atoms with van der Waals surface area (Å²) < 4.78 is 0. The third-order valence-electron chi connectivity index (χ3n) is 4.20. The Hall–Kier alpha value is -2.73. The monoisotopic (exact) mass is 306 g/mol. The normalized spacial score (nSPS) is 17.0. The molecular weight excluding hydrogens is 288 g/mol. The molecule has 0 spiro atoms. The lowest BCUT2D eigenvalue weighted by Gasteiger charge is -2.26. The quantitative estimate of drug-likeness (QED) is 0.683. The SMILES string of the molecule is Nc1ccc2c(NCC3Cc4ccccc4CN3)ncnc2n1. The summed E-state index contributed by atoms with van der Waals surface area (Å²) in [6.45, 7) is 1.70. The lowest BCUT2D eigenvalue weighted by molar-refractivity contribution is 0.497. The van der Waals surface area contributed by atoms with Gasteiger partial charge >= 0.3 is 0 Å². The van der Waals surface area contributed by atoms with Crippen molar-refractivity contribution in [2.45, 2.75) is 19.0 Å². The average molecular weight is 306 g/mol.